The SMILES string of the molecule is COc1cccc2c1ccn2Cc1cc(Br)ccc1F. The predicted octanol–water partition coefficient (Wildman–Crippen LogP) is 4.60. The summed E-state index contributed by atoms with van der Waals surface area (Å²) >= 11 is 3.38. The first-order valence-corrected chi connectivity index (χ1v) is 7.04. The van der Waals surface area contributed by atoms with Crippen LogP contribution < -0.4 is 4.74 Å². The maximum Gasteiger partial charge on any atom is 0.128 e. The van der Waals surface area contributed by atoms with Crippen LogP contribution in [0.1, 0.15) is 5.56 Å². The highest BCUT2D eigenvalue weighted by Gasteiger charge is 2.08. The Morgan fingerprint density at radius 2 is 2.05 bits per heavy atom. The molecule has 0 bridgehead atoms. The zero-order valence-corrected chi connectivity index (χ0v) is 12.5. The minimum Gasteiger partial charge on any atom is -0.496 e. The molecule has 3 aromatic rings. The number of halogens is 2. The molecule has 0 spiro atoms. The van der Waals surface area contributed by atoms with Crippen LogP contribution in [0.2, 0.25) is 0 Å². The molecule has 2 nitrogen and oxygen atoms in total. The second-order valence-corrected chi connectivity index (χ2v) is 5.49. The highest BCUT2D eigenvalue weighted by Crippen LogP contribution is 2.27. The van der Waals surface area contributed by atoms with Crippen molar-refractivity contribution in [2.24, 2.45) is 0 Å². The molecule has 0 fully saturated rings. The Kier molecular flexibility index (Phi) is 3.49. The van der Waals surface area contributed by atoms with Crippen LogP contribution in [0, 0.1) is 5.82 Å². The fourth-order valence-corrected chi connectivity index (χ4v) is 2.77. The summed E-state index contributed by atoms with van der Waals surface area (Å²) < 4.78 is 22.1. The van der Waals surface area contributed by atoms with Crippen molar-refractivity contribution >= 4 is 26.8 Å². The van der Waals surface area contributed by atoms with Gasteiger partial charge in [0.05, 0.1) is 19.2 Å². The number of benzene rings is 2. The first-order valence-electron chi connectivity index (χ1n) is 6.25. The van der Waals surface area contributed by atoms with Crippen molar-refractivity contribution in [3.05, 3.63) is 64.5 Å². The standard InChI is InChI=1S/C16H13BrFNO/c1-20-16-4-2-3-15-13(16)7-8-19(15)10-11-9-12(17)5-6-14(11)18/h2-9H,10H2,1H3. The van der Waals surface area contributed by atoms with Gasteiger partial charge in [-0.25, -0.2) is 4.39 Å². The average Bonchev–Trinajstić information content (AvgIpc) is 2.86. The second-order valence-electron chi connectivity index (χ2n) is 4.57. The lowest BCUT2D eigenvalue weighted by molar-refractivity contribution is 0.420. The van der Waals surface area contributed by atoms with Gasteiger partial charge in [0, 0.05) is 21.6 Å². The van der Waals surface area contributed by atoms with Crippen LogP contribution >= 0.6 is 15.9 Å². The topological polar surface area (TPSA) is 14.2 Å². The molecular weight excluding hydrogens is 321 g/mol. The van der Waals surface area contributed by atoms with Crippen molar-refractivity contribution in [1.29, 1.82) is 0 Å². The molecular formula is C16H13BrFNO. The van der Waals surface area contributed by atoms with E-state index in [4.69, 9.17) is 4.74 Å². The molecule has 0 radical (unpaired) electrons. The first-order chi connectivity index (χ1) is 9.69. The third-order valence-corrected chi connectivity index (χ3v) is 3.84. The van der Waals surface area contributed by atoms with Gasteiger partial charge in [-0.2, -0.15) is 0 Å². The molecule has 0 saturated heterocycles. The molecule has 1 aromatic heterocycles. The van der Waals surface area contributed by atoms with Crippen LogP contribution in [0.15, 0.2) is 53.1 Å². The van der Waals surface area contributed by atoms with Gasteiger partial charge in [0.15, 0.2) is 0 Å². The number of fused-ring (bicyclic) bond motifs is 1. The molecule has 0 saturated carbocycles. The van der Waals surface area contributed by atoms with Crippen LogP contribution in [0.4, 0.5) is 4.39 Å². The Hall–Kier alpha value is -1.81. The fourth-order valence-electron chi connectivity index (χ4n) is 2.36. The van der Waals surface area contributed by atoms with E-state index in [0.717, 1.165) is 21.1 Å². The second kappa shape index (κ2) is 5.29. The van der Waals surface area contributed by atoms with Crippen molar-refractivity contribution in [3.63, 3.8) is 0 Å². The molecule has 1 heterocycles. The zero-order valence-electron chi connectivity index (χ0n) is 10.9. The molecule has 0 amide bonds. The van der Waals surface area contributed by atoms with Gasteiger partial charge in [-0.3, -0.25) is 0 Å². The molecule has 2 aromatic carbocycles. The lowest BCUT2D eigenvalue weighted by Gasteiger charge is -2.08. The molecule has 102 valence electrons. The third-order valence-electron chi connectivity index (χ3n) is 3.34. The zero-order chi connectivity index (χ0) is 14.1. The van der Waals surface area contributed by atoms with Crippen LogP contribution in [-0.2, 0) is 6.54 Å². The quantitative estimate of drug-likeness (QED) is 0.683. The summed E-state index contributed by atoms with van der Waals surface area (Å²) in [4.78, 5) is 0. The van der Waals surface area contributed by atoms with Crippen LogP contribution in [0.5, 0.6) is 5.75 Å². The van der Waals surface area contributed by atoms with Crippen molar-refractivity contribution in [1.82, 2.24) is 4.57 Å². The lowest BCUT2D eigenvalue weighted by atomic mass is 10.2. The average molecular weight is 334 g/mol. The van der Waals surface area contributed by atoms with E-state index in [1.165, 1.54) is 6.07 Å². The van der Waals surface area contributed by atoms with E-state index in [-0.39, 0.29) is 5.82 Å². The lowest BCUT2D eigenvalue weighted by Crippen LogP contribution is -2.00. The van der Waals surface area contributed by atoms with E-state index in [1.807, 2.05) is 35.0 Å². The van der Waals surface area contributed by atoms with Crippen molar-refractivity contribution in [2.75, 3.05) is 7.11 Å². The number of methoxy groups -OCH3 is 1. The summed E-state index contributed by atoms with van der Waals surface area (Å²) in [5, 5.41) is 1.03. The fraction of sp³-hybridized carbons (Fsp3) is 0.125. The van der Waals surface area contributed by atoms with Crippen LogP contribution in [0.3, 0.4) is 0 Å². The maximum absolute atomic E-state index is 13.8. The molecule has 0 N–H and O–H groups in total. The van der Waals surface area contributed by atoms with E-state index in [1.54, 1.807) is 19.2 Å². The van der Waals surface area contributed by atoms with E-state index in [0.29, 0.717) is 12.1 Å². The van der Waals surface area contributed by atoms with Gasteiger partial charge in [-0.15, -0.1) is 0 Å². The number of rotatable bonds is 3. The summed E-state index contributed by atoms with van der Waals surface area (Å²) in [5.41, 5.74) is 1.68. The van der Waals surface area contributed by atoms with Gasteiger partial charge < -0.3 is 9.30 Å². The third kappa shape index (κ3) is 2.31. The Bertz CT molecular complexity index is 766. The molecule has 3 rings (SSSR count). The van der Waals surface area contributed by atoms with Gasteiger partial charge in [-0.1, -0.05) is 22.0 Å². The van der Waals surface area contributed by atoms with Gasteiger partial charge >= 0.3 is 0 Å². The molecule has 0 aliphatic heterocycles. The Balaban J connectivity index is 2.05. The summed E-state index contributed by atoms with van der Waals surface area (Å²) in [6, 6.07) is 12.8. The Labute approximate surface area is 124 Å². The van der Waals surface area contributed by atoms with Gasteiger partial charge in [0.1, 0.15) is 11.6 Å². The first kappa shape index (κ1) is 13.2. The van der Waals surface area contributed by atoms with Gasteiger partial charge in [0.25, 0.3) is 0 Å². The predicted molar refractivity (Wildman–Crippen MR) is 81.7 cm³/mol. The number of ether oxygens (including phenoxy) is 1. The van der Waals surface area contributed by atoms with Crippen molar-refractivity contribution in [3.8, 4) is 5.75 Å². The van der Waals surface area contributed by atoms with Crippen molar-refractivity contribution in [2.45, 2.75) is 6.54 Å². The molecule has 4 heteroatoms. The van der Waals surface area contributed by atoms with E-state index >= 15 is 0 Å². The minimum atomic E-state index is -0.196. The Morgan fingerprint density at radius 3 is 2.85 bits per heavy atom. The highest BCUT2D eigenvalue weighted by atomic mass is 79.9. The van der Waals surface area contributed by atoms with E-state index in [2.05, 4.69) is 15.9 Å². The Morgan fingerprint density at radius 1 is 1.20 bits per heavy atom. The molecule has 0 atom stereocenters. The van der Waals surface area contributed by atoms with Crippen molar-refractivity contribution < 1.29 is 9.13 Å². The number of aromatic nitrogens is 1. The van der Waals surface area contributed by atoms with Gasteiger partial charge in [0.2, 0.25) is 0 Å². The molecule has 20 heavy (non-hydrogen) atoms. The van der Waals surface area contributed by atoms with Crippen LogP contribution in [0.25, 0.3) is 10.9 Å². The van der Waals surface area contributed by atoms with E-state index < -0.39 is 0 Å². The minimum absolute atomic E-state index is 0.196. The number of nitrogens with zero attached hydrogens (tertiary/aromatic N) is 1. The largest absolute Gasteiger partial charge is 0.496 e. The normalized spacial score (nSPS) is 10.9. The monoisotopic (exact) mass is 333 g/mol. The summed E-state index contributed by atoms with van der Waals surface area (Å²) in [5.74, 6) is 0.633. The molecule has 0 aliphatic carbocycles. The summed E-state index contributed by atoms with van der Waals surface area (Å²) in [7, 11) is 1.65. The molecule has 0 unspecified atom stereocenters. The summed E-state index contributed by atoms with van der Waals surface area (Å²) in [6.07, 6.45) is 1.95. The highest BCUT2D eigenvalue weighted by molar-refractivity contribution is 9.10. The maximum atomic E-state index is 13.8. The number of hydrogen-bond donors (Lipinski definition) is 0. The van der Waals surface area contributed by atoms with Gasteiger partial charge in [-0.05, 0) is 36.4 Å². The number of hydrogen-bond acceptors (Lipinski definition) is 1. The summed E-state index contributed by atoms with van der Waals surface area (Å²) in [6.45, 7) is 0.488. The van der Waals surface area contributed by atoms with E-state index in [9.17, 15) is 4.39 Å². The molecule has 0 aliphatic rings. The smallest absolute Gasteiger partial charge is 0.128 e. The van der Waals surface area contributed by atoms with Crippen LogP contribution in [-0.4, -0.2) is 11.7 Å².